The highest BCUT2D eigenvalue weighted by molar-refractivity contribution is 5.97. The van der Waals surface area contributed by atoms with Crippen molar-refractivity contribution in [1.82, 2.24) is 10.6 Å². The summed E-state index contributed by atoms with van der Waals surface area (Å²) in [7, 11) is 1.53. The number of amides is 3. The normalized spacial score (nSPS) is 19.1. The number of carbonyl (C=O) groups is 2. The topological polar surface area (TPSA) is 79.5 Å². The molecule has 8 heteroatoms. The maximum atomic E-state index is 13.6. The Bertz CT molecular complexity index is 900. The molecule has 27 heavy (non-hydrogen) atoms. The molecule has 1 saturated heterocycles. The summed E-state index contributed by atoms with van der Waals surface area (Å²) in [6.07, 6.45) is 0. The van der Waals surface area contributed by atoms with Gasteiger partial charge in [-0.25, -0.2) is 13.6 Å². The molecule has 2 atom stereocenters. The Labute approximate surface area is 154 Å². The monoisotopic (exact) mass is 373 g/mol. The zero-order valence-corrected chi connectivity index (χ0v) is 14.4. The van der Waals surface area contributed by atoms with Crippen LogP contribution >= 0.6 is 0 Å². The minimum atomic E-state index is -1.07. The van der Waals surface area contributed by atoms with Crippen LogP contribution in [0.1, 0.15) is 11.6 Å². The molecular weight excluding hydrogens is 356 g/mol. The number of rotatable bonds is 4. The van der Waals surface area contributed by atoms with Crippen LogP contribution in [0.3, 0.4) is 0 Å². The van der Waals surface area contributed by atoms with E-state index in [1.165, 1.54) is 13.2 Å². The fourth-order valence-electron chi connectivity index (χ4n) is 2.87. The van der Waals surface area contributed by atoms with Crippen LogP contribution in [0, 0.1) is 17.6 Å². The van der Waals surface area contributed by atoms with E-state index in [1.807, 2.05) is 0 Å². The van der Waals surface area contributed by atoms with Crippen LogP contribution in [0.5, 0.6) is 5.75 Å². The van der Waals surface area contributed by atoms with Crippen LogP contribution < -0.4 is 20.7 Å². The number of nitrogens with one attached hydrogen (secondary N) is 3. The summed E-state index contributed by atoms with van der Waals surface area (Å²) in [5.74, 6) is -2.86. The Hall–Kier alpha value is -3.42. The first kappa shape index (κ1) is 18.4. The Morgan fingerprint density at radius 1 is 1.15 bits per heavy atom. The predicted molar refractivity (Wildman–Crippen MR) is 95.0 cm³/mol. The quantitative estimate of drug-likeness (QED) is 0.771. The van der Waals surface area contributed by atoms with Crippen molar-refractivity contribution in [3.05, 3.63) is 71.9 Å². The van der Waals surface area contributed by atoms with Gasteiger partial charge in [0.25, 0.3) is 0 Å². The maximum Gasteiger partial charge on any atom is 0.319 e. The first-order valence-corrected chi connectivity index (χ1v) is 8.05. The highest BCUT2D eigenvalue weighted by atomic mass is 19.2. The van der Waals surface area contributed by atoms with Gasteiger partial charge in [0.15, 0.2) is 11.6 Å². The lowest BCUT2D eigenvalue weighted by Gasteiger charge is -2.33. The summed E-state index contributed by atoms with van der Waals surface area (Å²) in [5.41, 5.74) is 0.911. The van der Waals surface area contributed by atoms with Gasteiger partial charge in [-0.05, 0) is 42.0 Å². The van der Waals surface area contributed by atoms with Gasteiger partial charge in [0, 0.05) is 11.4 Å². The third kappa shape index (κ3) is 3.89. The molecule has 0 spiro atoms. The summed E-state index contributed by atoms with van der Waals surface area (Å²) < 4.78 is 31.9. The number of urea groups is 1. The van der Waals surface area contributed by atoms with Crippen LogP contribution in [0.25, 0.3) is 0 Å². The summed E-state index contributed by atoms with van der Waals surface area (Å²) in [6, 6.07) is 8.39. The minimum Gasteiger partial charge on any atom is -0.497 e. The Balaban J connectivity index is 1.88. The second-order valence-corrected chi connectivity index (χ2v) is 5.97. The molecule has 1 heterocycles. The first-order valence-electron chi connectivity index (χ1n) is 8.05. The first-order chi connectivity index (χ1) is 12.9. The fraction of sp³-hybridized carbons (Fsp3) is 0.158. The summed E-state index contributed by atoms with van der Waals surface area (Å²) in [6.45, 7) is 3.73. The molecule has 0 aromatic heterocycles. The zero-order valence-electron chi connectivity index (χ0n) is 14.4. The van der Waals surface area contributed by atoms with Gasteiger partial charge in [0.05, 0.1) is 13.2 Å². The van der Waals surface area contributed by atoms with Gasteiger partial charge in [-0.1, -0.05) is 12.6 Å². The molecule has 2 aromatic carbocycles. The molecule has 2 aromatic rings. The van der Waals surface area contributed by atoms with E-state index in [2.05, 4.69) is 22.5 Å². The molecule has 0 saturated carbocycles. The van der Waals surface area contributed by atoms with Crippen molar-refractivity contribution in [2.45, 2.75) is 6.04 Å². The summed E-state index contributed by atoms with van der Waals surface area (Å²) >= 11 is 0. The molecule has 140 valence electrons. The standard InChI is InChI=1S/C19H17F2N3O3/c1-10-16(18(25)23-12-4-6-13(27-2)7-5-12)17(24-19(26)22-10)11-3-8-14(20)15(21)9-11/h3-9,16-17H,1H2,2H3,(H,23,25)(H2,22,24,26)/t16-,17+/m0/s1. The molecule has 1 aliphatic rings. The third-order valence-corrected chi connectivity index (χ3v) is 4.21. The Morgan fingerprint density at radius 3 is 2.48 bits per heavy atom. The van der Waals surface area contributed by atoms with Crippen molar-refractivity contribution < 1.29 is 23.1 Å². The van der Waals surface area contributed by atoms with E-state index in [0.29, 0.717) is 11.4 Å². The van der Waals surface area contributed by atoms with Gasteiger partial charge in [-0.15, -0.1) is 0 Å². The van der Waals surface area contributed by atoms with E-state index in [9.17, 15) is 18.4 Å². The van der Waals surface area contributed by atoms with E-state index >= 15 is 0 Å². The van der Waals surface area contributed by atoms with Gasteiger partial charge in [-0.3, -0.25) is 4.79 Å². The van der Waals surface area contributed by atoms with Crippen LogP contribution in [0.4, 0.5) is 19.3 Å². The van der Waals surface area contributed by atoms with Crippen molar-refractivity contribution in [2.75, 3.05) is 12.4 Å². The number of carbonyl (C=O) groups excluding carboxylic acids is 2. The lowest BCUT2D eigenvalue weighted by atomic mass is 9.88. The molecule has 6 nitrogen and oxygen atoms in total. The number of anilines is 1. The predicted octanol–water partition coefficient (Wildman–Crippen LogP) is 3.10. The number of hydrogen-bond acceptors (Lipinski definition) is 3. The van der Waals surface area contributed by atoms with Gasteiger partial charge < -0.3 is 20.7 Å². The van der Waals surface area contributed by atoms with Crippen LogP contribution in [-0.2, 0) is 4.79 Å². The van der Waals surface area contributed by atoms with E-state index < -0.39 is 35.5 Å². The van der Waals surface area contributed by atoms with Crippen molar-refractivity contribution in [3.8, 4) is 5.75 Å². The molecule has 3 rings (SSSR count). The van der Waals surface area contributed by atoms with Crippen LogP contribution in [0.15, 0.2) is 54.7 Å². The number of benzene rings is 2. The zero-order chi connectivity index (χ0) is 19.6. The van der Waals surface area contributed by atoms with Crippen molar-refractivity contribution in [3.63, 3.8) is 0 Å². The number of methoxy groups -OCH3 is 1. The van der Waals surface area contributed by atoms with Crippen molar-refractivity contribution in [2.24, 2.45) is 5.92 Å². The average Bonchev–Trinajstić information content (AvgIpc) is 2.63. The average molecular weight is 373 g/mol. The molecule has 0 unspecified atom stereocenters. The third-order valence-electron chi connectivity index (χ3n) is 4.21. The van der Waals surface area contributed by atoms with E-state index in [-0.39, 0.29) is 11.3 Å². The van der Waals surface area contributed by atoms with Crippen molar-refractivity contribution in [1.29, 1.82) is 0 Å². The molecule has 1 fully saturated rings. The second-order valence-electron chi connectivity index (χ2n) is 5.97. The molecule has 0 bridgehead atoms. The summed E-state index contributed by atoms with van der Waals surface area (Å²) in [5, 5.41) is 7.73. The SMILES string of the molecule is C=C1NC(=O)N[C@H](c2ccc(F)c(F)c2)[C@H]1C(=O)Nc1ccc(OC)cc1. The number of hydrogen-bond donors (Lipinski definition) is 3. The molecular formula is C19H17F2N3O3. The lowest BCUT2D eigenvalue weighted by molar-refractivity contribution is -0.119. The Morgan fingerprint density at radius 2 is 1.85 bits per heavy atom. The van der Waals surface area contributed by atoms with E-state index in [0.717, 1.165) is 12.1 Å². The van der Waals surface area contributed by atoms with Crippen LogP contribution in [-0.4, -0.2) is 19.0 Å². The highest BCUT2D eigenvalue weighted by Crippen LogP contribution is 2.31. The molecule has 3 amide bonds. The van der Waals surface area contributed by atoms with Gasteiger partial charge in [0.2, 0.25) is 5.91 Å². The van der Waals surface area contributed by atoms with E-state index in [4.69, 9.17) is 4.74 Å². The van der Waals surface area contributed by atoms with Crippen molar-refractivity contribution >= 4 is 17.6 Å². The molecule has 0 aliphatic carbocycles. The minimum absolute atomic E-state index is 0.152. The second kappa shape index (κ2) is 7.45. The molecule has 0 radical (unpaired) electrons. The van der Waals surface area contributed by atoms with Gasteiger partial charge in [-0.2, -0.15) is 0 Å². The maximum absolute atomic E-state index is 13.6. The van der Waals surface area contributed by atoms with E-state index in [1.54, 1.807) is 24.3 Å². The molecule has 1 aliphatic heterocycles. The molecule has 3 N–H and O–H groups in total. The Kier molecular flexibility index (Phi) is 5.07. The summed E-state index contributed by atoms with van der Waals surface area (Å²) in [4.78, 5) is 24.6. The largest absolute Gasteiger partial charge is 0.497 e. The van der Waals surface area contributed by atoms with Crippen LogP contribution in [0.2, 0.25) is 0 Å². The van der Waals surface area contributed by atoms with Gasteiger partial charge in [0.1, 0.15) is 11.7 Å². The smallest absolute Gasteiger partial charge is 0.319 e. The number of ether oxygens (including phenoxy) is 1. The lowest BCUT2D eigenvalue weighted by Crippen LogP contribution is -2.51. The van der Waals surface area contributed by atoms with Gasteiger partial charge >= 0.3 is 6.03 Å². The fourth-order valence-corrected chi connectivity index (χ4v) is 2.87. The number of halogens is 2. The highest BCUT2D eigenvalue weighted by Gasteiger charge is 2.38.